The quantitative estimate of drug-likeness (QED) is 0.0202. The molecule has 0 spiro atoms. The number of carboxylic acid groups (broad SMARTS) is 2. The van der Waals surface area contributed by atoms with E-state index in [9.17, 15) is 28.8 Å². The van der Waals surface area contributed by atoms with Crippen LogP contribution in [0.15, 0.2) is 24.3 Å². The molecule has 0 fully saturated rings. The monoisotopic (exact) mass is 1090 g/mol. The fraction of sp³-hybridized carbons (Fsp3) is 0.793. The number of nitrogens with one attached hydrogen (secondary N) is 2. The summed E-state index contributed by atoms with van der Waals surface area (Å²) in [6.45, 7) is 15.8. The van der Waals surface area contributed by atoms with Crippen LogP contribution in [0.4, 0.5) is 0 Å². The third kappa shape index (κ3) is 70.0. The molecular weight excluding hydrogens is 975 g/mol. The van der Waals surface area contributed by atoms with Crippen LogP contribution in [0.25, 0.3) is 0 Å². The van der Waals surface area contributed by atoms with Crippen molar-refractivity contribution in [3.05, 3.63) is 29.8 Å². The Balaban J connectivity index is -0.000000482. The summed E-state index contributed by atoms with van der Waals surface area (Å²) in [5.41, 5.74) is 10.2. The smallest absolute Gasteiger partial charge is 0.303 e. The summed E-state index contributed by atoms with van der Waals surface area (Å²) in [6, 6.07) is 8.01. The van der Waals surface area contributed by atoms with Crippen molar-refractivity contribution in [1.29, 1.82) is 0 Å². The zero-order valence-electron chi connectivity index (χ0n) is 49.5. The lowest BCUT2D eigenvalue weighted by atomic mass is 10.0. The Morgan fingerprint density at radius 2 is 0.934 bits per heavy atom. The number of benzene rings is 1. The van der Waals surface area contributed by atoms with Crippen molar-refractivity contribution in [2.75, 3.05) is 114 Å². The number of carbonyl (C=O) groups is 6. The molecule has 2 amide bonds. The first-order chi connectivity index (χ1) is 36.8. The van der Waals surface area contributed by atoms with Crippen LogP contribution >= 0.6 is 0 Å². The van der Waals surface area contributed by atoms with E-state index >= 15 is 0 Å². The molecule has 0 aliphatic rings. The van der Waals surface area contributed by atoms with Crippen molar-refractivity contribution in [2.24, 2.45) is 11.5 Å². The fourth-order valence-corrected chi connectivity index (χ4v) is 6.90. The summed E-state index contributed by atoms with van der Waals surface area (Å²) in [5.74, 6) is -0.950. The minimum absolute atomic E-state index is 0.0280. The average molecular weight is 1090 g/mol. The normalized spacial score (nSPS) is 10.2. The second-order valence-corrected chi connectivity index (χ2v) is 18.0. The average Bonchev–Trinajstić information content (AvgIpc) is 3.41. The molecule has 448 valence electrons. The number of rotatable bonds is 48. The molecule has 1 aromatic rings. The zero-order valence-corrected chi connectivity index (χ0v) is 49.5. The van der Waals surface area contributed by atoms with Gasteiger partial charge in [0.05, 0.1) is 73.5 Å². The van der Waals surface area contributed by atoms with Gasteiger partial charge in [0.15, 0.2) is 0 Å². The number of hydrogen-bond acceptors (Lipinski definition) is 13. The van der Waals surface area contributed by atoms with Crippen molar-refractivity contribution in [3.8, 4) is 5.75 Å². The largest absolute Gasteiger partial charge is 0.494 e. The minimum atomic E-state index is -0.917. The first-order valence-electron chi connectivity index (χ1n) is 28.7. The van der Waals surface area contributed by atoms with Crippen LogP contribution in [0.2, 0.25) is 0 Å². The predicted molar refractivity (Wildman–Crippen MR) is 308 cm³/mol. The number of quaternary nitrogens is 1. The Kier molecular flexibility index (Phi) is 71.3. The number of ketones is 1. The van der Waals surface area contributed by atoms with Gasteiger partial charge in [-0.05, 0) is 83.7 Å². The number of unbranched alkanes of at least 4 members (excludes halogenated alkanes) is 16. The predicted octanol–water partition coefficient (Wildman–Crippen LogP) is 9.10. The van der Waals surface area contributed by atoms with E-state index in [1.807, 2.05) is 52.0 Å². The number of nitrogens with two attached hydrogens (primary N) is 2. The summed E-state index contributed by atoms with van der Waals surface area (Å²) in [6.07, 6.45) is 24.4. The molecule has 0 atom stereocenters. The molecular formula is C58H114N5O13+. The van der Waals surface area contributed by atoms with Crippen molar-refractivity contribution < 1.29 is 67.1 Å². The number of hydrogen-bond donors (Lipinski definition) is 6. The van der Waals surface area contributed by atoms with Crippen LogP contribution in [0, 0.1) is 0 Å². The first-order valence-corrected chi connectivity index (χ1v) is 28.7. The van der Waals surface area contributed by atoms with Gasteiger partial charge in [0.2, 0.25) is 11.8 Å². The van der Waals surface area contributed by atoms with E-state index in [-0.39, 0.29) is 43.7 Å². The number of aldehydes is 1. The van der Waals surface area contributed by atoms with Crippen LogP contribution < -0.4 is 26.8 Å². The lowest BCUT2D eigenvalue weighted by molar-refractivity contribution is -0.891. The van der Waals surface area contributed by atoms with Gasteiger partial charge in [-0.2, -0.15) is 0 Å². The van der Waals surface area contributed by atoms with Gasteiger partial charge in [-0.15, -0.1) is 0 Å². The summed E-state index contributed by atoms with van der Waals surface area (Å²) in [5, 5.41) is 22.4. The molecule has 0 saturated heterocycles. The Labute approximate surface area is 461 Å². The highest BCUT2D eigenvalue weighted by molar-refractivity contribution is 5.77. The van der Waals surface area contributed by atoms with Gasteiger partial charge in [-0.25, -0.2) is 0 Å². The summed E-state index contributed by atoms with van der Waals surface area (Å²) in [7, 11) is 7.42. The molecule has 0 unspecified atom stereocenters. The molecule has 0 radical (unpaired) electrons. The Bertz CT molecular complexity index is 1420. The maximum atomic E-state index is 11.8. The van der Waals surface area contributed by atoms with Gasteiger partial charge in [0.1, 0.15) is 31.0 Å². The Morgan fingerprint density at radius 3 is 1.42 bits per heavy atom. The number of carboxylic acids is 2. The number of aliphatic carboxylic acids is 2. The van der Waals surface area contributed by atoms with Crippen LogP contribution in [-0.2, 0) is 54.1 Å². The molecule has 18 heteroatoms. The van der Waals surface area contributed by atoms with E-state index in [4.69, 9.17) is 33.9 Å². The number of amides is 2. The molecule has 0 heterocycles. The van der Waals surface area contributed by atoms with Crippen LogP contribution in [0.3, 0.4) is 0 Å². The molecule has 0 aliphatic heterocycles. The van der Waals surface area contributed by atoms with Gasteiger partial charge in [0, 0.05) is 45.2 Å². The van der Waals surface area contributed by atoms with E-state index < -0.39 is 11.9 Å². The Morgan fingerprint density at radius 1 is 0.500 bits per heavy atom. The van der Waals surface area contributed by atoms with Crippen LogP contribution in [0.1, 0.15) is 188 Å². The lowest BCUT2D eigenvalue weighted by Gasteiger charge is -2.29. The highest BCUT2D eigenvalue weighted by Crippen LogP contribution is 2.16. The maximum absolute atomic E-state index is 11.8. The highest BCUT2D eigenvalue weighted by atomic mass is 16.5. The summed E-state index contributed by atoms with van der Waals surface area (Å²) in [4.78, 5) is 65.4. The van der Waals surface area contributed by atoms with E-state index in [2.05, 4.69) is 36.2 Å². The molecule has 76 heavy (non-hydrogen) atoms. The maximum Gasteiger partial charge on any atom is 0.303 e. The topological polar surface area (TPSA) is 265 Å². The molecule has 1 rings (SSSR count). The van der Waals surface area contributed by atoms with E-state index in [0.29, 0.717) is 78.6 Å². The van der Waals surface area contributed by atoms with Gasteiger partial charge < -0.3 is 70.1 Å². The molecule has 18 nitrogen and oxygen atoms in total. The van der Waals surface area contributed by atoms with E-state index in [1.54, 1.807) is 6.92 Å². The number of nitrogens with zero attached hydrogens (tertiary/aromatic N) is 1. The van der Waals surface area contributed by atoms with E-state index in [1.165, 1.54) is 84.7 Å². The molecule has 0 aromatic heterocycles. The number of Topliss-reactive ketones (excluding diaryl/α,β-unsaturated/α-hetero) is 1. The molecule has 0 aliphatic carbocycles. The third-order valence-corrected chi connectivity index (χ3v) is 11.1. The van der Waals surface area contributed by atoms with Gasteiger partial charge >= 0.3 is 11.9 Å². The van der Waals surface area contributed by atoms with Crippen LogP contribution in [0.5, 0.6) is 5.75 Å². The minimum Gasteiger partial charge on any atom is -0.494 e. The summed E-state index contributed by atoms with van der Waals surface area (Å²) < 4.78 is 28.6. The summed E-state index contributed by atoms with van der Waals surface area (Å²) >= 11 is 0. The van der Waals surface area contributed by atoms with Gasteiger partial charge in [0.25, 0.3) is 0 Å². The third-order valence-electron chi connectivity index (χ3n) is 11.1. The van der Waals surface area contributed by atoms with Crippen LogP contribution in [-0.4, -0.2) is 164 Å². The Hall–Kier alpha value is -4.04. The van der Waals surface area contributed by atoms with Gasteiger partial charge in [-0.3, -0.25) is 19.2 Å². The number of likely N-dealkylation sites (N-methyl/N-ethyl adjacent to an activating group) is 1. The standard InChI is InChI=1S/C34H57N3O10.C18H34O3.2C2H6.2CH5N/c1-29(38)10-11-30-12-14-31(15-13-30)47-20-6-4-5-18-37(2,3)19-23-45-25-24-43-22-17-36-33(40)28-46-27-26-44-21-16-35-32(39)8-7-9-34(41)42;19-17-15-13-11-9-7-5-3-1-2-4-6-8-10-12-14-16-18(20)21;4*1-2/h12-15H,4-11,16-28H2,1-3H3,(H2-,35,36,39,40,41,42);17H,1-16H2,(H,20,21);2*1-2H3;2*2H2,1H3/p+1. The second kappa shape index (κ2) is 67.1. The molecule has 8 N–H and O–H groups in total. The van der Waals surface area contributed by atoms with Crippen molar-refractivity contribution in [2.45, 2.75) is 189 Å². The number of ether oxygens (including phenoxy) is 5. The SMILES string of the molecule is CC.CC.CC(=O)CCc1ccc(OCCCCC[N+](C)(C)CCOCCOCCNC(=O)COCCOCCNC(=O)CCCC(=O)O)cc1.CN.CN.O=CCCCCCCCCCCCCCCCCC(=O)O. The van der Waals surface area contributed by atoms with E-state index in [0.717, 1.165) is 86.5 Å². The number of aryl methyl sites for hydroxylation is 1. The molecule has 0 bridgehead atoms. The highest BCUT2D eigenvalue weighted by Gasteiger charge is 2.14. The number of carbonyl (C=O) groups excluding carboxylic acids is 4. The van der Waals surface area contributed by atoms with Gasteiger partial charge in [-0.1, -0.05) is 117 Å². The zero-order chi connectivity index (χ0) is 58.2. The lowest BCUT2D eigenvalue weighted by Crippen LogP contribution is -2.43. The van der Waals surface area contributed by atoms with Crippen molar-refractivity contribution in [1.82, 2.24) is 10.6 Å². The first kappa shape index (κ1) is 80.8. The molecule has 1 aromatic carbocycles. The molecule has 0 saturated carbocycles. The second-order valence-electron chi connectivity index (χ2n) is 18.0. The van der Waals surface area contributed by atoms with Crippen molar-refractivity contribution >= 4 is 35.8 Å². The van der Waals surface area contributed by atoms with Crippen molar-refractivity contribution in [3.63, 3.8) is 0 Å². The fourth-order valence-electron chi connectivity index (χ4n) is 6.90.